The summed E-state index contributed by atoms with van der Waals surface area (Å²) < 4.78 is 27.5. The van der Waals surface area contributed by atoms with Crippen LogP contribution >= 0.6 is 0 Å². The molecule has 0 atom stereocenters. The van der Waals surface area contributed by atoms with Crippen LogP contribution in [0.15, 0.2) is 24.4 Å². The number of halogens is 2. The van der Waals surface area contributed by atoms with Crippen molar-refractivity contribution in [3.63, 3.8) is 0 Å². The number of hydrogen-bond acceptors (Lipinski definition) is 4. The van der Waals surface area contributed by atoms with Gasteiger partial charge in [-0.2, -0.15) is 0 Å². The fraction of sp³-hybridized carbons (Fsp3) is 0.524. The van der Waals surface area contributed by atoms with Crippen LogP contribution in [-0.2, 0) is 4.79 Å². The number of anilines is 1. The van der Waals surface area contributed by atoms with Crippen molar-refractivity contribution in [1.82, 2.24) is 15.2 Å². The van der Waals surface area contributed by atoms with Gasteiger partial charge >= 0.3 is 0 Å². The van der Waals surface area contributed by atoms with Gasteiger partial charge in [-0.15, -0.1) is 0 Å². The third-order valence-electron chi connectivity index (χ3n) is 4.93. The summed E-state index contributed by atoms with van der Waals surface area (Å²) >= 11 is 0. The minimum Gasteiger partial charge on any atom is -0.384 e. The number of likely N-dealkylation sites (tertiary alicyclic amines) is 1. The van der Waals surface area contributed by atoms with Crippen molar-refractivity contribution in [3.8, 4) is 0 Å². The molecule has 5 nitrogen and oxygen atoms in total. The standard InChI is InChI=1S/C21H28F2N4O/c1-21(2,3)26-19(28)13-27-8-5-14(6-9-27)12-25-18-4-7-24-20-16(18)10-15(22)11-17(20)23/h4,7,10-11,14H,5-6,8-9,12-13H2,1-3H3,(H,24,25)(H,26,28). The van der Waals surface area contributed by atoms with Gasteiger partial charge in [0.05, 0.1) is 6.54 Å². The van der Waals surface area contributed by atoms with Gasteiger partial charge in [-0.3, -0.25) is 14.7 Å². The molecule has 2 heterocycles. The Morgan fingerprint density at radius 2 is 1.96 bits per heavy atom. The average Bonchev–Trinajstić information content (AvgIpc) is 2.59. The number of piperidine rings is 1. The lowest BCUT2D eigenvalue weighted by molar-refractivity contribution is -0.124. The summed E-state index contributed by atoms with van der Waals surface area (Å²) in [6.07, 6.45) is 3.48. The first-order chi connectivity index (χ1) is 13.2. The van der Waals surface area contributed by atoms with Crippen LogP contribution in [0.2, 0.25) is 0 Å². The van der Waals surface area contributed by atoms with E-state index in [1.54, 1.807) is 6.07 Å². The molecule has 0 unspecified atom stereocenters. The Balaban J connectivity index is 1.52. The molecule has 2 N–H and O–H groups in total. The van der Waals surface area contributed by atoms with Crippen LogP contribution < -0.4 is 10.6 Å². The van der Waals surface area contributed by atoms with E-state index in [0.29, 0.717) is 23.5 Å². The first kappa shape index (κ1) is 20.5. The topological polar surface area (TPSA) is 57.3 Å². The van der Waals surface area contributed by atoms with E-state index in [1.807, 2.05) is 20.8 Å². The van der Waals surface area contributed by atoms with E-state index in [0.717, 1.165) is 38.5 Å². The zero-order chi connectivity index (χ0) is 20.3. The highest BCUT2D eigenvalue weighted by Crippen LogP contribution is 2.26. The molecule has 0 bridgehead atoms. The average molecular weight is 390 g/mol. The summed E-state index contributed by atoms with van der Waals surface area (Å²) in [4.78, 5) is 18.3. The lowest BCUT2D eigenvalue weighted by atomic mass is 9.96. The van der Waals surface area contributed by atoms with Crippen molar-refractivity contribution in [2.24, 2.45) is 5.92 Å². The number of aromatic nitrogens is 1. The third kappa shape index (κ3) is 5.38. The molecule has 2 aromatic rings. The van der Waals surface area contributed by atoms with Gasteiger partial charge in [0, 0.05) is 35.4 Å². The van der Waals surface area contributed by atoms with Crippen LogP contribution in [0, 0.1) is 17.6 Å². The highest BCUT2D eigenvalue weighted by atomic mass is 19.1. The van der Waals surface area contributed by atoms with E-state index < -0.39 is 11.6 Å². The number of hydrogen-bond donors (Lipinski definition) is 2. The molecule has 1 amide bonds. The number of amides is 1. The quantitative estimate of drug-likeness (QED) is 0.820. The van der Waals surface area contributed by atoms with Crippen LogP contribution in [0.25, 0.3) is 10.9 Å². The summed E-state index contributed by atoms with van der Waals surface area (Å²) in [5, 5.41) is 6.77. The summed E-state index contributed by atoms with van der Waals surface area (Å²) in [7, 11) is 0. The van der Waals surface area contributed by atoms with Crippen LogP contribution in [0.3, 0.4) is 0 Å². The molecule has 1 aliphatic rings. The van der Waals surface area contributed by atoms with Gasteiger partial charge in [0.1, 0.15) is 11.3 Å². The van der Waals surface area contributed by atoms with Gasteiger partial charge in [0.2, 0.25) is 5.91 Å². The number of rotatable bonds is 5. The highest BCUT2D eigenvalue weighted by molar-refractivity contribution is 5.91. The third-order valence-corrected chi connectivity index (χ3v) is 4.93. The lowest BCUT2D eigenvalue weighted by Gasteiger charge is -2.32. The zero-order valence-electron chi connectivity index (χ0n) is 16.7. The second-order valence-corrected chi connectivity index (χ2v) is 8.54. The van der Waals surface area contributed by atoms with E-state index in [2.05, 4.69) is 20.5 Å². The Bertz CT molecular complexity index is 842. The number of fused-ring (bicyclic) bond motifs is 1. The van der Waals surface area contributed by atoms with Crippen molar-refractivity contribution in [2.45, 2.75) is 39.2 Å². The molecule has 1 aromatic heterocycles. The molecule has 0 radical (unpaired) electrons. The summed E-state index contributed by atoms with van der Waals surface area (Å²) in [6, 6.07) is 3.90. The molecule has 28 heavy (non-hydrogen) atoms. The molecule has 7 heteroatoms. The maximum Gasteiger partial charge on any atom is 0.234 e. The molecule has 1 aliphatic heterocycles. The minimum absolute atomic E-state index is 0.0522. The van der Waals surface area contributed by atoms with E-state index >= 15 is 0 Å². The van der Waals surface area contributed by atoms with Crippen molar-refractivity contribution >= 4 is 22.5 Å². The Hall–Kier alpha value is -2.28. The number of benzene rings is 1. The second kappa shape index (κ2) is 8.39. The Morgan fingerprint density at radius 3 is 2.64 bits per heavy atom. The van der Waals surface area contributed by atoms with Crippen molar-refractivity contribution in [1.29, 1.82) is 0 Å². The fourth-order valence-corrected chi connectivity index (χ4v) is 3.60. The van der Waals surface area contributed by atoms with E-state index in [9.17, 15) is 13.6 Å². The van der Waals surface area contributed by atoms with E-state index in [-0.39, 0.29) is 17.0 Å². The fourth-order valence-electron chi connectivity index (χ4n) is 3.60. The molecule has 0 aliphatic carbocycles. The molecule has 1 aromatic carbocycles. The van der Waals surface area contributed by atoms with Crippen LogP contribution in [0.1, 0.15) is 33.6 Å². The van der Waals surface area contributed by atoms with Crippen molar-refractivity contribution in [2.75, 3.05) is 31.5 Å². The number of carbonyl (C=O) groups is 1. The molecule has 0 saturated carbocycles. The van der Waals surface area contributed by atoms with E-state index in [1.165, 1.54) is 12.3 Å². The number of pyridine rings is 1. The smallest absolute Gasteiger partial charge is 0.234 e. The Morgan fingerprint density at radius 1 is 1.25 bits per heavy atom. The van der Waals surface area contributed by atoms with Gasteiger partial charge in [-0.05, 0) is 64.8 Å². The predicted molar refractivity (Wildman–Crippen MR) is 107 cm³/mol. The number of carbonyl (C=O) groups excluding carboxylic acids is 1. The number of nitrogens with one attached hydrogen (secondary N) is 2. The number of nitrogens with zero attached hydrogens (tertiary/aromatic N) is 2. The van der Waals surface area contributed by atoms with Gasteiger partial charge in [-0.25, -0.2) is 8.78 Å². The molecular weight excluding hydrogens is 362 g/mol. The van der Waals surface area contributed by atoms with Crippen LogP contribution in [-0.4, -0.2) is 47.5 Å². The molecular formula is C21H28F2N4O. The predicted octanol–water partition coefficient (Wildman–Crippen LogP) is 3.55. The zero-order valence-corrected chi connectivity index (χ0v) is 16.7. The summed E-state index contributed by atoms with van der Waals surface area (Å²) in [5.74, 6) is -0.761. The summed E-state index contributed by atoms with van der Waals surface area (Å²) in [5.41, 5.74) is 0.646. The SMILES string of the molecule is CC(C)(C)NC(=O)CN1CCC(CNc2ccnc3c(F)cc(F)cc23)CC1. The molecule has 152 valence electrons. The van der Waals surface area contributed by atoms with Crippen molar-refractivity contribution < 1.29 is 13.6 Å². The maximum absolute atomic E-state index is 13.9. The molecule has 0 spiro atoms. The Labute approximate surface area is 164 Å². The monoisotopic (exact) mass is 390 g/mol. The first-order valence-electron chi connectivity index (χ1n) is 9.72. The van der Waals surface area contributed by atoms with E-state index in [4.69, 9.17) is 0 Å². The molecule has 1 saturated heterocycles. The highest BCUT2D eigenvalue weighted by Gasteiger charge is 2.22. The van der Waals surface area contributed by atoms with Gasteiger partial charge in [0.15, 0.2) is 5.82 Å². The normalized spacial score (nSPS) is 16.3. The maximum atomic E-state index is 13.9. The second-order valence-electron chi connectivity index (χ2n) is 8.54. The molecule has 1 fully saturated rings. The van der Waals surface area contributed by atoms with Crippen LogP contribution in [0.4, 0.5) is 14.5 Å². The van der Waals surface area contributed by atoms with Gasteiger partial charge in [0.25, 0.3) is 0 Å². The minimum atomic E-state index is -0.652. The Kier molecular flexibility index (Phi) is 6.13. The van der Waals surface area contributed by atoms with Gasteiger partial charge in [-0.1, -0.05) is 0 Å². The van der Waals surface area contributed by atoms with Crippen molar-refractivity contribution in [3.05, 3.63) is 36.0 Å². The molecule has 3 rings (SSSR count). The largest absolute Gasteiger partial charge is 0.384 e. The van der Waals surface area contributed by atoms with Gasteiger partial charge < -0.3 is 10.6 Å². The van der Waals surface area contributed by atoms with Crippen LogP contribution in [0.5, 0.6) is 0 Å². The summed E-state index contributed by atoms with van der Waals surface area (Å²) in [6.45, 7) is 8.80. The first-order valence-corrected chi connectivity index (χ1v) is 9.72. The lowest BCUT2D eigenvalue weighted by Crippen LogP contribution is -2.47.